The van der Waals surface area contributed by atoms with Gasteiger partial charge in [0.15, 0.2) is 12.2 Å². The van der Waals surface area contributed by atoms with Crippen LogP contribution >= 0.6 is 23.2 Å². The molecule has 0 bridgehead atoms. The van der Waals surface area contributed by atoms with Gasteiger partial charge in [0.2, 0.25) is 0 Å². The summed E-state index contributed by atoms with van der Waals surface area (Å²) in [7, 11) is 0. The number of hydrogen-bond donors (Lipinski definition) is 1. The van der Waals surface area contributed by atoms with Gasteiger partial charge in [-0.25, -0.2) is 4.98 Å². The van der Waals surface area contributed by atoms with Crippen LogP contribution in [0.5, 0.6) is 0 Å². The summed E-state index contributed by atoms with van der Waals surface area (Å²) in [5, 5.41) is 3.54. The van der Waals surface area contributed by atoms with E-state index < -0.39 is 0 Å². The summed E-state index contributed by atoms with van der Waals surface area (Å²) in [6.45, 7) is 0. The quantitative estimate of drug-likeness (QED) is 0.742. The van der Waals surface area contributed by atoms with Crippen molar-refractivity contribution < 1.29 is 9.21 Å². The van der Waals surface area contributed by atoms with Crippen molar-refractivity contribution in [1.82, 2.24) is 4.98 Å². The van der Waals surface area contributed by atoms with Gasteiger partial charge >= 0.3 is 0 Å². The minimum absolute atomic E-state index is 0.258. The maximum Gasteiger partial charge on any atom is 0.255 e. The fraction of sp³-hybridized carbons (Fsp3) is 0. The van der Waals surface area contributed by atoms with Crippen LogP contribution < -0.4 is 5.32 Å². The molecule has 6 heteroatoms. The number of nitrogens with one attached hydrogen (secondary N) is 1. The molecule has 0 fully saturated rings. The fourth-order valence-electron chi connectivity index (χ4n) is 1.92. The molecule has 110 valence electrons. The first-order chi connectivity index (χ1) is 10.6. The Hall–Kier alpha value is -2.30. The number of benzene rings is 2. The molecule has 22 heavy (non-hydrogen) atoms. The molecule has 0 saturated carbocycles. The molecule has 2 aromatic carbocycles. The highest BCUT2D eigenvalue weighted by Gasteiger charge is 2.09. The zero-order valence-corrected chi connectivity index (χ0v) is 12.7. The van der Waals surface area contributed by atoms with E-state index in [0.29, 0.717) is 27.1 Å². The van der Waals surface area contributed by atoms with E-state index in [1.165, 1.54) is 12.5 Å². The summed E-state index contributed by atoms with van der Waals surface area (Å²) in [4.78, 5) is 16.0. The Morgan fingerprint density at radius 3 is 2.45 bits per heavy atom. The zero-order valence-electron chi connectivity index (χ0n) is 11.2. The molecule has 3 rings (SSSR count). The van der Waals surface area contributed by atoms with Crippen molar-refractivity contribution in [1.29, 1.82) is 0 Å². The second-order valence-electron chi connectivity index (χ2n) is 4.53. The van der Waals surface area contributed by atoms with E-state index in [0.717, 1.165) is 5.56 Å². The van der Waals surface area contributed by atoms with E-state index in [4.69, 9.17) is 27.6 Å². The average Bonchev–Trinajstić information content (AvgIpc) is 3.05. The van der Waals surface area contributed by atoms with Crippen molar-refractivity contribution in [3.05, 3.63) is 70.7 Å². The second-order valence-corrected chi connectivity index (χ2v) is 5.34. The Labute approximate surface area is 136 Å². The van der Waals surface area contributed by atoms with Crippen LogP contribution in [0, 0.1) is 0 Å². The van der Waals surface area contributed by atoms with Gasteiger partial charge in [-0.05, 0) is 42.5 Å². The summed E-state index contributed by atoms with van der Waals surface area (Å²) in [5.41, 5.74) is 1.98. The maximum absolute atomic E-state index is 12.1. The van der Waals surface area contributed by atoms with Crippen LogP contribution in [0.4, 0.5) is 5.69 Å². The third-order valence-electron chi connectivity index (χ3n) is 3.04. The molecule has 0 atom stereocenters. The first-order valence-electron chi connectivity index (χ1n) is 6.39. The molecule has 4 nitrogen and oxygen atoms in total. The number of nitrogens with zero attached hydrogens (tertiary/aromatic N) is 1. The van der Waals surface area contributed by atoms with Crippen molar-refractivity contribution in [2.45, 2.75) is 0 Å². The van der Waals surface area contributed by atoms with Crippen LogP contribution in [0.1, 0.15) is 10.4 Å². The highest BCUT2D eigenvalue weighted by molar-refractivity contribution is 6.42. The Bertz CT molecular complexity index is 800. The Morgan fingerprint density at radius 2 is 1.82 bits per heavy atom. The molecular formula is C16H10Cl2N2O2. The van der Waals surface area contributed by atoms with Gasteiger partial charge in [-0.3, -0.25) is 4.79 Å². The highest BCUT2D eigenvalue weighted by Crippen LogP contribution is 2.24. The number of halogens is 2. The molecule has 0 radical (unpaired) electrons. The number of aromatic nitrogens is 1. The van der Waals surface area contributed by atoms with Crippen LogP contribution in [0.3, 0.4) is 0 Å². The number of anilines is 1. The summed E-state index contributed by atoms with van der Waals surface area (Å²) < 4.78 is 5.21. The van der Waals surface area contributed by atoms with E-state index >= 15 is 0 Å². The van der Waals surface area contributed by atoms with Crippen molar-refractivity contribution in [3.8, 4) is 11.3 Å². The topological polar surface area (TPSA) is 55.1 Å². The minimum atomic E-state index is -0.258. The lowest BCUT2D eigenvalue weighted by molar-refractivity contribution is 0.102. The standard InChI is InChI=1S/C16H10Cl2N2O2/c17-13-6-3-11(7-14(13)18)16(21)20-12-4-1-10(2-5-12)15-8-19-9-22-15/h1-9H,(H,20,21). The molecule has 3 aromatic rings. The third kappa shape index (κ3) is 3.13. The molecule has 0 spiro atoms. The average molecular weight is 333 g/mol. The van der Waals surface area contributed by atoms with E-state index in [1.807, 2.05) is 12.1 Å². The number of oxazole rings is 1. The smallest absolute Gasteiger partial charge is 0.255 e. The molecule has 0 saturated heterocycles. The lowest BCUT2D eigenvalue weighted by Gasteiger charge is -2.06. The van der Waals surface area contributed by atoms with Crippen molar-refractivity contribution in [3.63, 3.8) is 0 Å². The fourth-order valence-corrected chi connectivity index (χ4v) is 2.21. The maximum atomic E-state index is 12.1. The summed E-state index contributed by atoms with van der Waals surface area (Å²) in [6.07, 6.45) is 3.00. The van der Waals surface area contributed by atoms with Gasteiger partial charge in [0, 0.05) is 16.8 Å². The minimum Gasteiger partial charge on any atom is -0.444 e. The van der Waals surface area contributed by atoms with E-state index in [1.54, 1.807) is 30.5 Å². The van der Waals surface area contributed by atoms with Gasteiger partial charge in [0.1, 0.15) is 0 Å². The third-order valence-corrected chi connectivity index (χ3v) is 3.78. The molecule has 1 heterocycles. The SMILES string of the molecule is O=C(Nc1ccc(-c2cnco2)cc1)c1ccc(Cl)c(Cl)c1. The van der Waals surface area contributed by atoms with Crippen molar-refractivity contribution in [2.24, 2.45) is 0 Å². The van der Waals surface area contributed by atoms with Crippen molar-refractivity contribution in [2.75, 3.05) is 5.32 Å². The Morgan fingerprint density at radius 1 is 1.05 bits per heavy atom. The molecule has 1 aromatic heterocycles. The number of amides is 1. The number of rotatable bonds is 3. The zero-order chi connectivity index (χ0) is 15.5. The molecular weight excluding hydrogens is 323 g/mol. The number of carbonyl (C=O) groups is 1. The van der Waals surface area contributed by atoms with Crippen LogP contribution in [0.15, 0.2) is 59.5 Å². The van der Waals surface area contributed by atoms with Crippen LogP contribution in [0.2, 0.25) is 10.0 Å². The predicted molar refractivity (Wildman–Crippen MR) is 86.4 cm³/mol. The largest absolute Gasteiger partial charge is 0.444 e. The van der Waals surface area contributed by atoms with Gasteiger partial charge in [0.05, 0.1) is 16.2 Å². The number of hydrogen-bond acceptors (Lipinski definition) is 3. The second kappa shape index (κ2) is 6.22. The van der Waals surface area contributed by atoms with Gasteiger partial charge < -0.3 is 9.73 Å². The van der Waals surface area contributed by atoms with E-state index in [2.05, 4.69) is 10.3 Å². The van der Waals surface area contributed by atoms with E-state index in [9.17, 15) is 4.79 Å². The molecule has 1 amide bonds. The van der Waals surface area contributed by atoms with Crippen LogP contribution in [0.25, 0.3) is 11.3 Å². The highest BCUT2D eigenvalue weighted by atomic mass is 35.5. The molecule has 1 N–H and O–H groups in total. The Kier molecular flexibility index (Phi) is 4.13. The summed E-state index contributed by atoms with van der Waals surface area (Å²) in [6, 6.07) is 12.0. The predicted octanol–water partition coefficient (Wildman–Crippen LogP) is 4.90. The van der Waals surface area contributed by atoms with Gasteiger partial charge in [-0.1, -0.05) is 23.2 Å². The number of carbonyl (C=O) groups excluding carboxylic acids is 1. The molecule has 0 aliphatic heterocycles. The van der Waals surface area contributed by atoms with Gasteiger partial charge in [-0.2, -0.15) is 0 Å². The first kappa shape index (κ1) is 14.6. The lowest BCUT2D eigenvalue weighted by Crippen LogP contribution is -2.11. The molecule has 0 aliphatic carbocycles. The van der Waals surface area contributed by atoms with Gasteiger partial charge in [-0.15, -0.1) is 0 Å². The molecule has 0 unspecified atom stereocenters. The Balaban J connectivity index is 1.75. The van der Waals surface area contributed by atoms with E-state index in [-0.39, 0.29) is 5.91 Å². The summed E-state index contributed by atoms with van der Waals surface area (Å²) >= 11 is 11.7. The summed E-state index contributed by atoms with van der Waals surface area (Å²) in [5.74, 6) is 0.411. The van der Waals surface area contributed by atoms with Crippen LogP contribution in [-0.4, -0.2) is 10.9 Å². The van der Waals surface area contributed by atoms with Crippen molar-refractivity contribution >= 4 is 34.8 Å². The molecule has 0 aliphatic rings. The van der Waals surface area contributed by atoms with Crippen LogP contribution in [-0.2, 0) is 0 Å². The first-order valence-corrected chi connectivity index (χ1v) is 7.14. The lowest BCUT2D eigenvalue weighted by atomic mass is 10.1. The monoisotopic (exact) mass is 332 g/mol. The normalized spacial score (nSPS) is 10.5. The van der Waals surface area contributed by atoms with Gasteiger partial charge in [0.25, 0.3) is 5.91 Å².